The first-order valence-corrected chi connectivity index (χ1v) is 15.5. The van der Waals surface area contributed by atoms with Gasteiger partial charge in [-0.3, -0.25) is 25.1 Å². The molecule has 1 unspecified atom stereocenters. The second kappa shape index (κ2) is 13.9. The van der Waals surface area contributed by atoms with Crippen molar-refractivity contribution in [2.24, 2.45) is 7.05 Å². The van der Waals surface area contributed by atoms with Crippen molar-refractivity contribution < 1.29 is 19.1 Å². The molecule has 0 spiro atoms. The van der Waals surface area contributed by atoms with E-state index in [-0.39, 0.29) is 30.3 Å². The number of nitrogens with zero attached hydrogens (tertiary/aromatic N) is 3. The van der Waals surface area contributed by atoms with E-state index >= 15 is 0 Å². The predicted molar refractivity (Wildman–Crippen MR) is 178 cm³/mol. The lowest BCUT2D eigenvalue weighted by molar-refractivity contribution is -0.147. The Morgan fingerprint density at radius 1 is 0.978 bits per heavy atom. The fraction of sp³-hybridized carbons (Fsp3) is 0.343. The van der Waals surface area contributed by atoms with E-state index in [4.69, 9.17) is 15.1 Å². The van der Waals surface area contributed by atoms with E-state index in [9.17, 15) is 14.4 Å². The number of nitrogens with one attached hydrogen (secondary N) is 4. The molecule has 4 N–H and O–H groups in total. The van der Waals surface area contributed by atoms with Crippen molar-refractivity contribution in [1.29, 1.82) is 5.41 Å². The number of aryl methyl sites for hydroxylation is 1. The molecule has 1 aliphatic rings. The van der Waals surface area contributed by atoms with Gasteiger partial charge in [-0.2, -0.15) is 0 Å². The van der Waals surface area contributed by atoms with E-state index < -0.39 is 11.5 Å². The number of anilines is 1. The lowest BCUT2D eigenvalue weighted by atomic mass is 9.89. The van der Waals surface area contributed by atoms with E-state index in [1.54, 1.807) is 50.2 Å². The Hall–Kier alpha value is -5.03. The lowest BCUT2D eigenvalue weighted by Crippen LogP contribution is -2.54. The molecule has 5 rings (SSSR count). The standard InChI is InChI=1S/C35H41N7O4/c1-23(2)46-31(43)22-38-35(3,34(45)42-18-8-9-19-42)26-14-17-29-28(20-26)39-30(41(29)4)21-37-27-15-12-24(13-16-27)32(36)40-33(44)25-10-6-5-7-11-25/h5-7,10-17,20,23,37-38H,8-9,18-19,21-22H2,1-4H3,(H2,36,40,44). The number of likely N-dealkylation sites (tertiary alicyclic amines) is 1. The number of aromatic nitrogens is 2. The largest absolute Gasteiger partial charge is 0.462 e. The Kier molecular flexibility index (Phi) is 9.81. The molecule has 0 radical (unpaired) electrons. The Morgan fingerprint density at radius 2 is 1.67 bits per heavy atom. The second-order valence-electron chi connectivity index (χ2n) is 11.9. The maximum absolute atomic E-state index is 13.8. The van der Waals surface area contributed by atoms with Crippen LogP contribution in [0.15, 0.2) is 72.8 Å². The molecule has 2 heterocycles. The summed E-state index contributed by atoms with van der Waals surface area (Å²) in [4.78, 5) is 45.3. The molecule has 0 bridgehead atoms. The number of benzene rings is 3. The molecule has 4 aromatic rings. The van der Waals surface area contributed by atoms with Crippen LogP contribution in [-0.2, 0) is 33.5 Å². The van der Waals surface area contributed by atoms with Gasteiger partial charge in [0.25, 0.3) is 5.91 Å². The van der Waals surface area contributed by atoms with Crippen LogP contribution in [0.25, 0.3) is 11.0 Å². The number of esters is 1. The molecule has 11 nitrogen and oxygen atoms in total. The first kappa shape index (κ1) is 32.4. The number of hydrogen-bond donors (Lipinski definition) is 4. The van der Waals surface area contributed by atoms with Crippen LogP contribution in [0.3, 0.4) is 0 Å². The van der Waals surface area contributed by atoms with Crippen LogP contribution in [0, 0.1) is 5.41 Å². The Labute approximate surface area is 268 Å². The van der Waals surface area contributed by atoms with Gasteiger partial charge in [-0.1, -0.05) is 24.3 Å². The molecule has 240 valence electrons. The molecule has 11 heteroatoms. The van der Waals surface area contributed by atoms with Gasteiger partial charge in [-0.05, 0) is 87.7 Å². The fourth-order valence-corrected chi connectivity index (χ4v) is 5.59. The number of imidazole rings is 1. The first-order chi connectivity index (χ1) is 22.0. The molecule has 3 aromatic carbocycles. The molecule has 1 fully saturated rings. The van der Waals surface area contributed by atoms with Crippen molar-refractivity contribution in [2.75, 3.05) is 25.0 Å². The number of rotatable bonds is 11. The molecular formula is C35H41N7O4. The summed E-state index contributed by atoms with van der Waals surface area (Å²) in [5.41, 5.74) is 3.15. The van der Waals surface area contributed by atoms with Crippen LogP contribution < -0.4 is 16.0 Å². The molecule has 1 atom stereocenters. The number of hydrogen-bond acceptors (Lipinski definition) is 8. The minimum Gasteiger partial charge on any atom is -0.462 e. The van der Waals surface area contributed by atoms with Crippen LogP contribution in [-0.4, -0.2) is 63.8 Å². The SMILES string of the molecule is CC(C)OC(=O)CNC(C)(C(=O)N1CCCC1)c1ccc2c(c1)nc(CNc1ccc(C(=N)NC(=O)c3ccccc3)cc1)n2C. The summed E-state index contributed by atoms with van der Waals surface area (Å²) >= 11 is 0. The van der Waals surface area contributed by atoms with Gasteiger partial charge in [0.15, 0.2) is 0 Å². The van der Waals surface area contributed by atoms with Gasteiger partial charge in [0.2, 0.25) is 5.91 Å². The van der Waals surface area contributed by atoms with Gasteiger partial charge in [-0.15, -0.1) is 0 Å². The Bertz CT molecular complexity index is 1730. The average Bonchev–Trinajstić information content (AvgIpc) is 3.70. The van der Waals surface area contributed by atoms with Crippen molar-refractivity contribution in [3.05, 3.63) is 95.3 Å². The van der Waals surface area contributed by atoms with Crippen LogP contribution in [0.2, 0.25) is 0 Å². The first-order valence-electron chi connectivity index (χ1n) is 15.5. The summed E-state index contributed by atoms with van der Waals surface area (Å²) in [7, 11) is 1.95. The maximum atomic E-state index is 13.8. The molecule has 1 aromatic heterocycles. The van der Waals surface area contributed by atoms with Gasteiger partial charge in [-0.25, -0.2) is 4.98 Å². The molecule has 0 aliphatic carbocycles. The average molecular weight is 624 g/mol. The molecule has 2 amide bonds. The third-order valence-corrected chi connectivity index (χ3v) is 8.22. The normalized spacial score (nSPS) is 14.2. The van der Waals surface area contributed by atoms with Crippen molar-refractivity contribution in [1.82, 2.24) is 25.1 Å². The molecule has 1 aliphatic heterocycles. The zero-order chi connectivity index (χ0) is 32.8. The highest BCUT2D eigenvalue weighted by Gasteiger charge is 2.40. The van der Waals surface area contributed by atoms with E-state index in [1.165, 1.54) is 0 Å². The monoisotopic (exact) mass is 623 g/mol. The number of amides is 2. The molecular weight excluding hydrogens is 582 g/mol. The highest BCUT2D eigenvalue weighted by Crippen LogP contribution is 2.29. The van der Waals surface area contributed by atoms with Crippen molar-refractivity contribution in [3.63, 3.8) is 0 Å². The van der Waals surface area contributed by atoms with E-state index in [0.29, 0.717) is 30.8 Å². The van der Waals surface area contributed by atoms with Crippen LogP contribution in [0.5, 0.6) is 0 Å². The zero-order valence-corrected chi connectivity index (χ0v) is 26.7. The minimum atomic E-state index is -1.14. The lowest BCUT2D eigenvalue weighted by Gasteiger charge is -2.34. The van der Waals surface area contributed by atoms with Crippen LogP contribution >= 0.6 is 0 Å². The predicted octanol–water partition coefficient (Wildman–Crippen LogP) is 4.32. The highest BCUT2D eigenvalue weighted by atomic mass is 16.5. The molecule has 46 heavy (non-hydrogen) atoms. The van der Waals surface area contributed by atoms with E-state index in [2.05, 4.69) is 16.0 Å². The minimum absolute atomic E-state index is 0.0214. The van der Waals surface area contributed by atoms with Crippen molar-refractivity contribution >= 4 is 40.3 Å². The second-order valence-corrected chi connectivity index (χ2v) is 11.9. The summed E-state index contributed by atoms with van der Waals surface area (Å²) < 4.78 is 7.32. The van der Waals surface area contributed by atoms with Gasteiger partial charge >= 0.3 is 5.97 Å². The number of carbonyl (C=O) groups is 3. The Balaban J connectivity index is 1.29. The van der Waals surface area contributed by atoms with Gasteiger partial charge < -0.3 is 24.8 Å². The smallest absolute Gasteiger partial charge is 0.320 e. The number of amidine groups is 1. The molecule has 0 saturated carbocycles. The van der Waals surface area contributed by atoms with Gasteiger partial charge in [0.1, 0.15) is 17.2 Å². The Morgan fingerprint density at radius 3 is 2.35 bits per heavy atom. The number of carbonyl (C=O) groups excluding carboxylic acids is 3. The number of fused-ring (bicyclic) bond motifs is 1. The van der Waals surface area contributed by atoms with Crippen molar-refractivity contribution in [3.8, 4) is 0 Å². The van der Waals surface area contributed by atoms with Crippen LogP contribution in [0.4, 0.5) is 5.69 Å². The summed E-state index contributed by atoms with van der Waals surface area (Å²) in [5, 5.41) is 17.5. The quantitative estimate of drug-likeness (QED) is 0.111. The summed E-state index contributed by atoms with van der Waals surface area (Å²) in [6, 6.07) is 21.8. The van der Waals surface area contributed by atoms with Gasteiger partial charge in [0, 0.05) is 37.0 Å². The highest BCUT2D eigenvalue weighted by molar-refractivity contribution is 6.11. The third-order valence-electron chi connectivity index (χ3n) is 8.22. The van der Waals surface area contributed by atoms with Crippen LogP contribution in [0.1, 0.15) is 60.9 Å². The zero-order valence-electron chi connectivity index (χ0n) is 26.7. The topological polar surface area (TPSA) is 141 Å². The maximum Gasteiger partial charge on any atom is 0.320 e. The summed E-state index contributed by atoms with van der Waals surface area (Å²) in [6.45, 7) is 7.14. The fourth-order valence-electron chi connectivity index (χ4n) is 5.59. The molecule has 1 saturated heterocycles. The van der Waals surface area contributed by atoms with Gasteiger partial charge in [0.05, 0.1) is 30.2 Å². The summed E-state index contributed by atoms with van der Waals surface area (Å²) in [5.74, 6) is -0.00336. The third kappa shape index (κ3) is 7.26. The van der Waals surface area contributed by atoms with E-state index in [0.717, 1.165) is 41.0 Å². The van der Waals surface area contributed by atoms with E-state index in [1.807, 2.05) is 59.8 Å². The van der Waals surface area contributed by atoms with Crippen molar-refractivity contribution in [2.45, 2.75) is 51.8 Å². The summed E-state index contributed by atoms with van der Waals surface area (Å²) in [6.07, 6.45) is 1.68. The number of ether oxygens (including phenoxy) is 1.